The molecule has 0 bridgehead atoms. The van der Waals surface area contributed by atoms with Crippen LogP contribution in [0, 0.1) is 0 Å². The van der Waals surface area contributed by atoms with Gasteiger partial charge in [-0.2, -0.15) is 0 Å². The minimum absolute atomic E-state index is 0.634. The summed E-state index contributed by atoms with van der Waals surface area (Å²) < 4.78 is 0. The van der Waals surface area contributed by atoms with Gasteiger partial charge in [0.15, 0.2) is 0 Å². The van der Waals surface area contributed by atoms with Crippen LogP contribution in [0.4, 0.5) is 0 Å². The Balaban J connectivity index is 2.11. The van der Waals surface area contributed by atoms with Gasteiger partial charge in [-0.1, -0.05) is 19.8 Å². The van der Waals surface area contributed by atoms with Gasteiger partial charge in [0.05, 0.1) is 0 Å². The summed E-state index contributed by atoms with van der Waals surface area (Å²) >= 11 is 0. The van der Waals surface area contributed by atoms with Crippen molar-refractivity contribution in [1.29, 1.82) is 0 Å². The van der Waals surface area contributed by atoms with E-state index in [1.165, 1.54) is 24.8 Å². The van der Waals surface area contributed by atoms with Crippen molar-refractivity contribution in [2.75, 3.05) is 0 Å². The maximum absolute atomic E-state index is 3.50. The fourth-order valence-corrected chi connectivity index (χ4v) is 1.37. The topological polar surface area (TPSA) is 27.8 Å². The van der Waals surface area contributed by atoms with Gasteiger partial charge in [0.2, 0.25) is 0 Å². The lowest BCUT2D eigenvalue weighted by atomic mass is 10.1. The van der Waals surface area contributed by atoms with E-state index in [0.717, 1.165) is 6.54 Å². The Morgan fingerprint density at radius 3 is 3.00 bits per heavy atom. The lowest BCUT2D eigenvalue weighted by molar-refractivity contribution is 0.495. The molecule has 0 saturated carbocycles. The summed E-state index contributed by atoms with van der Waals surface area (Å²) in [6.07, 6.45) is 7.89. The van der Waals surface area contributed by atoms with Gasteiger partial charge >= 0.3 is 0 Å². The average molecular weight is 180 g/mol. The Kier molecular flexibility index (Phi) is 4.61. The number of aromatic amines is 1. The quantitative estimate of drug-likeness (QED) is 0.692. The average Bonchev–Trinajstić information content (AvgIpc) is 2.64. The molecule has 0 aromatic carbocycles. The maximum atomic E-state index is 3.50. The van der Waals surface area contributed by atoms with E-state index in [2.05, 4.69) is 30.2 Å². The van der Waals surface area contributed by atoms with E-state index in [0.29, 0.717) is 6.04 Å². The molecule has 0 radical (unpaired) electrons. The lowest BCUT2D eigenvalue weighted by Gasteiger charge is -2.11. The Morgan fingerprint density at radius 1 is 1.54 bits per heavy atom. The van der Waals surface area contributed by atoms with Crippen molar-refractivity contribution in [2.45, 2.75) is 45.7 Å². The zero-order valence-corrected chi connectivity index (χ0v) is 8.64. The molecule has 1 atom stereocenters. The van der Waals surface area contributed by atoms with Gasteiger partial charge in [0.1, 0.15) is 0 Å². The Morgan fingerprint density at radius 2 is 2.38 bits per heavy atom. The van der Waals surface area contributed by atoms with Crippen molar-refractivity contribution in [1.82, 2.24) is 10.3 Å². The molecule has 0 saturated heterocycles. The van der Waals surface area contributed by atoms with E-state index in [1.807, 2.05) is 12.4 Å². The molecule has 2 N–H and O–H groups in total. The largest absolute Gasteiger partial charge is 0.367 e. The highest BCUT2D eigenvalue weighted by Crippen LogP contribution is 2.01. The predicted octanol–water partition coefficient (Wildman–Crippen LogP) is 2.68. The summed E-state index contributed by atoms with van der Waals surface area (Å²) in [6, 6.07) is 2.74. The number of nitrogens with one attached hydrogen (secondary N) is 2. The number of hydrogen-bond acceptors (Lipinski definition) is 1. The molecule has 0 amide bonds. The van der Waals surface area contributed by atoms with Gasteiger partial charge < -0.3 is 10.3 Å². The molecule has 0 spiro atoms. The van der Waals surface area contributed by atoms with Crippen molar-refractivity contribution in [3.63, 3.8) is 0 Å². The fraction of sp³-hybridized carbons (Fsp3) is 0.636. The summed E-state index contributed by atoms with van der Waals surface area (Å²) in [7, 11) is 0. The van der Waals surface area contributed by atoms with E-state index in [-0.39, 0.29) is 0 Å². The standard InChI is InChI=1S/C11H20N2/c1-3-4-5-10(2)13-9-11-6-7-12-8-11/h6-8,10,12-13H,3-5,9H2,1-2H3. The highest BCUT2D eigenvalue weighted by Gasteiger charge is 2.00. The minimum Gasteiger partial charge on any atom is -0.367 e. The van der Waals surface area contributed by atoms with Gasteiger partial charge in [0, 0.05) is 25.0 Å². The molecule has 0 aliphatic heterocycles. The molecule has 0 fully saturated rings. The van der Waals surface area contributed by atoms with Crippen LogP contribution >= 0.6 is 0 Å². The Bertz CT molecular complexity index is 204. The number of hydrogen-bond donors (Lipinski definition) is 2. The zero-order valence-electron chi connectivity index (χ0n) is 8.64. The first-order valence-corrected chi connectivity index (χ1v) is 5.18. The van der Waals surface area contributed by atoms with Crippen LogP contribution in [0.5, 0.6) is 0 Å². The van der Waals surface area contributed by atoms with Gasteiger partial charge in [-0.15, -0.1) is 0 Å². The van der Waals surface area contributed by atoms with Crippen LogP contribution in [0.2, 0.25) is 0 Å². The third kappa shape index (κ3) is 4.13. The molecule has 1 unspecified atom stereocenters. The third-order valence-corrected chi connectivity index (χ3v) is 2.31. The zero-order chi connectivity index (χ0) is 9.52. The first-order valence-electron chi connectivity index (χ1n) is 5.18. The second-order valence-corrected chi connectivity index (χ2v) is 3.64. The van der Waals surface area contributed by atoms with E-state index in [9.17, 15) is 0 Å². The van der Waals surface area contributed by atoms with Crippen LogP contribution in [0.25, 0.3) is 0 Å². The molecule has 1 aromatic heterocycles. The second-order valence-electron chi connectivity index (χ2n) is 3.64. The van der Waals surface area contributed by atoms with Crippen molar-refractivity contribution >= 4 is 0 Å². The van der Waals surface area contributed by atoms with Gasteiger partial charge in [-0.05, 0) is 25.0 Å². The van der Waals surface area contributed by atoms with Crippen LogP contribution < -0.4 is 5.32 Å². The van der Waals surface area contributed by atoms with Crippen molar-refractivity contribution in [3.8, 4) is 0 Å². The second kappa shape index (κ2) is 5.81. The molecule has 2 heteroatoms. The highest BCUT2D eigenvalue weighted by atomic mass is 14.9. The van der Waals surface area contributed by atoms with E-state index in [1.54, 1.807) is 0 Å². The first-order chi connectivity index (χ1) is 6.33. The Labute approximate surface area is 80.7 Å². The van der Waals surface area contributed by atoms with Crippen molar-refractivity contribution in [3.05, 3.63) is 24.0 Å². The lowest BCUT2D eigenvalue weighted by Crippen LogP contribution is -2.24. The molecular weight excluding hydrogens is 160 g/mol. The van der Waals surface area contributed by atoms with Crippen molar-refractivity contribution < 1.29 is 0 Å². The number of aromatic nitrogens is 1. The highest BCUT2D eigenvalue weighted by molar-refractivity contribution is 5.07. The molecule has 0 aliphatic rings. The number of rotatable bonds is 6. The van der Waals surface area contributed by atoms with Crippen LogP contribution in [0.15, 0.2) is 18.5 Å². The van der Waals surface area contributed by atoms with Crippen LogP contribution in [0.3, 0.4) is 0 Å². The van der Waals surface area contributed by atoms with Gasteiger partial charge in [-0.25, -0.2) is 0 Å². The molecule has 74 valence electrons. The first kappa shape index (κ1) is 10.3. The van der Waals surface area contributed by atoms with E-state index in [4.69, 9.17) is 0 Å². The van der Waals surface area contributed by atoms with Crippen LogP contribution in [0.1, 0.15) is 38.7 Å². The van der Waals surface area contributed by atoms with Gasteiger partial charge in [-0.3, -0.25) is 0 Å². The summed E-state index contributed by atoms with van der Waals surface area (Å²) in [4.78, 5) is 3.06. The van der Waals surface area contributed by atoms with Gasteiger partial charge in [0.25, 0.3) is 0 Å². The molecule has 0 aliphatic carbocycles. The normalized spacial score (nSPS) is 13.1. The van der Waals surface area contributed by atoms with E-state index < -0.39 is 0 Å². The molecule has 1 aromatic rings. The smallest absolute Gasteiger partial charge is 0.0222 e. The molecule has 2 nitrogen and oxygen atoms in total. The number of H-pyrrole nitrogens is 1. The maximum Gasteiger partial charge on any atom is 0.0222 e. The summed E-state index contributed by atoms with van der Waals surface area (Å²) in [5.74, 6) is 0. The molecule has 1 heterocycles. The SMILES string of the molecule is CCCCC(C)NCc1cc[nH]c1. The Hall–Kier alpha value is -0.760. The van der Waals surface area contributed by atoms with Crippen LogP contribution in [-0.2, 0) is 6.54 Å². The summed E-state index contributed by atoms with van der Waals surface area (Å²) in [5, 5.41) is 3.50. The predicted molar refractivity (Wildman–Crippen MR) is 56.6 cm³/mol. The molecule has 1 rings (SSSR count). The fourth-order valence-electron chi connectivity index (χ4n) is 1.37. The summed E-state index contributed by atoms with van der Waals surface area (Å²) in [6.45, 7) is 5.47. The summed E-state index contributed by atoms with van der Waals surface area (Å²) in [5.41, 5.74) is 1.34. The number of unbranched alkanes of at least 4 members (excludes halogenated alkanes) is 1. The van der Waals surface area contributed by atoms with Crippen LogP contribution in [-0.4, -0.2) is 11.0 Å². The van der Waals surface area contributed by atoms with Crippen molar-refractivity contribution in [2.24, 2.45) is 0 Å². The minimum atomic E-state index is 0.634. The molecule has 13 heavy (non-hydrogen) atoms. The molecular formula is C11H20N2. The van der Waals surface area contributed by atoms with E-state index >= 15 is 0 Å². The monoisotopic (exact) mass is 180 g/mol. The third-order valence-electron chi connectivity index (χ3n) is 2.31.